The summed E-state index contributed by atoms with van der Waals surface area (Å²) in [6.45, 7) is 6.49. The van der Waals surface area contributed by atoms with Gasteiger partial charge in [-0.25, -0.2) is 0 Å². The minimum Gasteiger partial charge on any atom is -0.317 e. The van der Waals surface area contributed by atoms with Gasteiger partial charge in [0.1, 0.15) is 6.54 Å². The van der Waals surface area contributed by atoms with Gasteiger partial charge >= 0.3 is 0 Å². The van der Waals surface area contributed by atoms with Crippen LogP contribution < -0.4 is 0 Å². The Kier molecular flexibility index (Phi) is 2.96. The van der Waals surface area contributed by atoms with Crippen LogP contribution in [0.25, 0.3) is 0 Å². The molecule has 2 heterocycles. The van der Waals surface area contributed by atoms with Crippen LogP contribution in [-0.4, -0.2) is 23.6 Å². The van der Waals surface area contributed by atoms with E-state index >= 15 is 0 Å². The fraction of sp³-hybridized carbons (Fsp3) is 0.625. The highest BCUT2D eigenvalue weighted by atomic mass is 15.4. The summed E-state index contributed by atoms with van der Waals surface area (Å²) in [6, 6.07) is 12.1. The second kappa shape index (κ2) is 4.45. The fourth-order valence-corrected chi connectivity index (χ4v) is 4.29. The number of hydrogen-bond acceptors (Lipinski definition) is 0. The fourth-order valence-electron chi connectivity index (χ4n) is 4.29. The van der Waals surface area contributed by atoms with Crippen molar-refractivity contribution in [2.24, 2.45) is 5.92 Å². The molecule has 1 aromatic carbocycles. The van der Waals surface area contributed by atoms with Crippen molar-refractivity contribution in [3.63, 3.8) is 0 Å². The Morgan fingerprint density at radius 1 is 1.12 bits per heavy atom. The molecule has 0 amide bonds. The maximum Gasteiger partial charge on any atom is 0.105 e. The quantitative estimate of drug-likeness (QED) is 0.693. The van der Waals surface area contributed by atoms with Crippen molar-refractivity contribution < 1.29 is 4.48 Å². The highest BCUT2D eigenvalue weighted by molar-refractivity contribution is 5.13. The Morgan fingerprint density at radius 3 is 2.47 bits per heavy atom. The first kappa shape index (κ1) is 11.3. The van der Waals surface area contributed by atoms with Gasteiger partial charge in [-0.15, -0.1) is 0 Å². The molecule has 0 N–H and O–H groups in total. The lowest BCUT2D eigenvalue weighted by Gasteiger charge is -2.37. The van der Waals surface area contributed by atoms with Crippen LogP contribution >= 0.6 is 0 Å². The zero-order chi connectivity index (χ0) is 11.7. The highest BCUT2D eigenvalue weighted by Gasteiger charge is 2.52. The van der Waals surface area contributed by atoms with Crippen LogP contribution in [0, 0.1) is 5.92 Å². The van der Waals surface area contributed by atoms with E-state index in [1.54, 1.807) is 0 Å². The van der Waals surface area contributed by atoms with Gasteiger partial charge in [0.05, 0.1) is 19.1 Å². The van der Waals surface area contributed by atoms with Crippen LogP contribution in [0.2, 0.25) is 0 Å². The molecule has 1 atom stereocenters. The van der Waals surface area contributed by atoms with Gasteiger partial charge in [-0.05, 0) is 6.42 Å². The molecule has 1 heteroatoms. The number of rotatable bonds is 4. The van der Waals surface area contributed by atoms with Crippen molar-refractivity contribution in [2.75, 3.05) is 13.1 Å². The van der Waals surface area contributed by atoms with Crippen molar-refractivity contribution >= 4 is 0 Å². The number of nitrogens with zero attached hydrogens (tertiary/aromatic N) is 1. The average Bonchev–Trinajstić information content (AvgIpc) is 2.86. The van der Waals surface area contributed by atoms with E-state index in [1.165, 1.54) is 55.4 Å². The van der Waals surface area contributed by atoms with E-state index in [1.807, 2.05) is 0 Å². The van der Waals surface area contributed by atoms with E-state index in [0.29, 0.717) is 0 Å². The van der Waals surface area contributed by atoms with E-state index in [4.69, 9.17) is 0 Å². The topological polar surface area (TPSA) is 0 Å². The molecule has 3 rings (SSSR count). The first-order valence-electron chi connectivity index (χ1n) is 7.24. The van der Waals surface area contributed by atoms with E-state index in [-0.39, 0.29) is 0 Å². The van der Waals surface area contributed by atoms with E-state index < -0.39 is 0 Å². The summed E-state index contributed by atoms with van der Waals surface area (Å²) in [6.07, 6.45) is 5.77. The predicted octanol–water partition coefficient (Wildman–Crippen LogP) is 3.60. The number of quaternary nitrogens is 1. The monoisotopic (exact) mass is 230 g/mol. The van der Waals surface area contributed by atoms with Crippen molar-refractivity contribution in [3.05, 3.63) is 35.9 Å². The molecule has 2 aliphatic heterocycles. The van der Waals surface area contributed by atoms with Crippen LogP contribution in [0.4, 0.5) is 0 Å². The molecule has 0 saturated carbocycles. The van der Waals surface area contributed by atoms with Crippen LogP contribution in [0.5, 0.6) is 0 Å². The molecule has 2 fully saturated rings. The minimum atomic E-state index is 0.972. The van der Waals surface area contributed by atoms with Crippen molar-refractivity contribution in [1.82, 2.24) is 0 Å². The summed E-state index contributed by atoms with van der Waals surface area (Å²) in [5.41, 5.74) is 1.54. The van der Waals surface area contributed by atoms with E-state index in [9.17, 15) is 0 Å². The number of hydrogen-bond donors (Lipinski definition) is 0. The zero-order valence-corrected chi connectivity index (χ0v) is 10.9. The highest BCUT2D eigenvalue weighted by Crippen LogP contribution is 2.44. The van der Waals surface area contributed by atoms with Crippen LogP contribution in [0.3, 0.4) is 0 Å². The molecule has 92 valence electrons. The molecule has 1 nitrogen and oxygen atoms in total. The molecule has 0 aromatic heterocycles. The van der Waals surface area contributed by atoms with Gasteiger partial charge in [-0.1, -0.05) is 43.7 Å². The molecular formula is C16H24N+. The van der Waals surface area contributed by atoms with Gasteiger partial charge in [0.15, 0.2) is 0 Å². The number of fused-ring (bicyclic) bond motifs is 2. The maximum atomic E-state index is 2.35. The summed E-state index contributed by atoms with van der Waals surface area (Å²) < 4.78 is 1.41. The van der Waals surface area contributed by atoms with E-state index in [0.717, 1.165) is 12.0 Å². The molecule has 2 bridgehead atoms. The lowest BCUT2D eigenvalue weighted by Crippen LogP contribution is -2.48. The molecule has 0 aliphatic carbocycles. The number of piperidine rings is 1. The SMILES string of the molecule is CCCC1C2CC[N+]1(Cc1ccccc1)CC2. The predicted molar refractivity (Wildman–Crippen MR) is 71.6 cm³/mol. The minimum absolute atomic E-state index is 0.972. The lowest BCUT2D eigenvalue weighted by atomic mass is 9.97. The summed E-state index contributed by atoms with van der Waals surface area (Å²) >= 11 is 0. The molecular weight excluding hydrogens is 206 g/mol. The standard InChI is InChI=1S/C16H24N/c1-2-6-16-15-9-11-17(16,12-10-15)13-14-7-4-3-5-8-14/h3-5,7-8,15-16H,2,6,9-13H2,1H3/q+1. The second-order valence-corrected chi connectivity index (χ2v) is 6.00. The van der Waals surface area contributed by atoms with Gasteiger partial charge in [-0.2, -0.15) is 0 Å². The Hall–Kier alpha value is -0.820. The van der Waals surface area contributed by atoms with Crippen LogP contribution in [0.15, 0.2) is 30.3 Å². The van der Waals surface area contributed by atoms with E-state index in [2.05, 4.69) is 37.3 Å². The molecule has 1 aromatic rings. The van der Waals surface area contributed by atoms with Gasteiger partial charge in [0.2, 0.25) is 0 Å². The van der Waals surface area contributed by atoms with Crippen LogP contribution in [0.1, 0.15) is 38.2 Å². The van der Waals surface area contributed by atoms with Crippen molar-refractivity contribution in [1.29, 1.82) is 0 Å². The number of benzene rings is 1. The summed E-state index contributed by atoms with van der Waals surface area (Å²) in [5.74, 6) is 1.04. The summed E-state index contributed by atoms with van der Waals surface area (Å²) in [4.78, 5) is 0. The Balaban J connectivity index is 1.80. The average molecular weight is 230 g/mol. The van der Waals surface area contributed by atoms with Crippen molar-refractivity contribution in [2.45, 2.75) is 45.2 Å². The summed E-state index contributed by atoms with van der Waals surface area (Å²) in [7, 11) is 0. The third kappa shape index (κ3) is 1.91. The second-order valence-electron chi connectivity index (χ2n) is 6.00. The third-order valence-corrected chi connectivity index (χ3v) is 5.06. The van der Waals surface area contributed by atoms with Crippen LogP contribution in [-0.2, 0) is 6.54 Å². The molecule has 17 heavy (non-hydrogen) atoms. The normalized spacial score (nSPS) is 35.4. The lowest BCUT2D eigenvalue weighted by molar-refractivity contribution is -0.944. The Labute approximate surface area is 105 Å². The largest absolute Gasteiger partial charge is 0.317 e. The van der Waals surface area contributed by atoms with Gasteiger partial charge in [0.25, 0.3) is 0 Å². The zero-order valence-electron chi connectivity index (χ0n) is 10.9. The Morgan fingerprint density at radius 2 is 1.82 bits per heavy atom. The van der Waals surface area contributed by atoms with Crippen molar-refractivity contribution in [3.8, 4) is 0 Å². The molecule has 0 radical (unpaired) electrons. The first-order chi connectivity index (χ1) is 8.34. The van der Waals surface area contributed by atoms with Gasteiger partial charge in [-0.3, -0.25) is 0 Å². The smallest absolute Gasteiger partial charge is 0.105 e. The molecule has 0 spiro atoms. The summed E-state index contributed by atoms with van der Waals surface area (Å²) in [5, 5.41) is 0. The maximum absolute atomic E-state index is 2.35. The molecule has 2 aliphatic rings. The van der Waals surface area contributed by atoms with Gasteiger partial charge in [0, 0.05) is 24.3 Å². The molecule has 1 unspecified atom stereocenters. The van der Waals surface area contributed by atoms with Gasteiger partial charge < -0.3 is 4.48 Å². The molecule has 2 saturated heterocycles. The first-order valence-corrected chi connectivity index (χ1v) is 7.24. The Bertz CT molecular complexity index is 362. The third-order valence-electron chi connectivity index (χ3n) is 5.06.